The lowest BCUT2D eigenvalue weighted by atomic mass is 9.84. The monoisotopic (exact) mass is 1320 g/mol. The van der Waals surface area contributed by atoms with Gasteiger partial charge in [0.1, 0.15) is 30.5 Å². The number of hydrogen-bond acceptors (Lipinski definition) is 30. The van der Waals surface area contributed by atoms with Crippen LogP contribution in [0.25, 0.3) is 0 Å². The fourth-order valence-electron chi connectivity index (χ4n) is 7.13. The van der Waals surface area contributed by atoms with Gasteiger partial charge in [0.25, 0.3) is 0 Å². The molecular weight excluding hydrogens is 1220 g/mol. The van der Waals surface area contributed by atoms with E-state index in [0.29, 0.717) is 172 Å². The lowest BCUT2D eigenvalue weighted by Crippen LogP contribution is -2.67. The number of methoxy groups -OCH3 is 3. The maximum Gasteiger partial charge on any atom is 0.470 e. The van der Waals surface area contributed by atoms with Crippen LogP contribution in [0.1, 0.15) is 0 Å². The van der Waals surface area contributed by atoms with Crippen LogP contribution in [0.2, 0.25) is 0 Å². The highest BCUT2D eigenvalue weighted by Crippen LogP contribution is 2.48. The lowest BCUT2D eigenvalue weighted by molar-refractivity contribution is -0.357. The molecule has 5 N–H and O–H groups in total. The third-order valence-corrected chi connectivity index (χ3v) is 12.1. The van der Waals surface area contributed by atoms with Gasteiger partial charge in [0.05, 0.1) is 277 Å². The third-order valence-electron chi connectivity index (χ3n) is 11.1. The number of hydrogen-bond donors (Lipinski definition) is 5. The van der Waals surface area contributed by atoms with Crippen LogP contribution in [0.15, 0.2) is 0 Å². The maximum atomic E-state index is 12.5. The first-order valence-electron chi connectivity index (χ1n) is 29.0. The molecule has 0 aromatic carbocycles. The summed E-state index contributed by atoms with van der Waals surface area (Å²) in [5, 5.41) is 10.3. The first-order valence-corrected chi connectivity index (χ1v) is 32.0. The normalized spacial score (nSPS) is 18.4. The van der Waals surface area contributed by atoms with Gasteiger partial charge >= 0.3 is 15.6 Å². The summed E-state index contributed by atoms with van der Waals surface area (Å²) in [4.78, 5) is 45.2. The Morgan fingerprint density at radius 3 is 0.494 bits per heavy atom. The number of rotatable bonds is 71. The fraction of sp³-hybridized carbons (Fsp3) is 1.00. The van der Waals surface area contributed by atoms with Crippen LogP contribution in [0, 0.1) is 0 Å². The van der Waals surface area contributed by atoms with Gasteiger partial charge in [-0.15, -0.1) is 0 Å². The topological polar surface area (TPSA) is 385 Å². The van der Waals surface area contributed by atoms with E-state index >= 15 is 0 Å². The van der Waals surface area contributed by atoms with Crippen molar-refractivity contribution in [2.45, 2.75) is 36.6 Å². The summed E-state index contributed by atoms with van der Waals surface area (Å²) in [6.45, 7) is 11.7. The summed E-state index contributed by atoms with van der Waals surface area (Å²) in [6.07, 6.45) is -10.7. The van der Waals surface area contributed by atoms with Crippen molar-refractivity contribution >= 4 is 15.6 Å². The van der Waals surface area contributed by atoms with Crippen LogP contribution in [0.5, 0.6) is 0 Å². The molecule has 1 saturated carbocycles. The molecule has 522 valence electrons. The van der Waals surface area contributed by atoms with E-state index < -0.39 is 52.3 Å². The molecule has 0 aromatic rings. The Morgan fingerprint density at radius 1 is 0.218 bits per heavy atom. The Morgan fingerprint density at radius 2 is 0.356 bits per heavy atom. The predicted molar refractivity (Wildman–Crippen MR) is 301 cm³/mol. The van der Waals surface area contributed by atoms with Gasteiger partial charge in [-0.3, -0.25) is 14.3 Å². The average Bonchev–Trinajstić information content (AvgIpc) is 1.39. The standard InChI is InChI=1S/C51H104O34P2/c1-59-4-7-62-10-13-65-16-19-68-22-25-71-28-31-74-34-37-77-40-43-80-46-49(83-52)47(81-44-41-78-38-35-75-32-29-72-26-23-69-20-17-66-14-11-63-8-5-60-2)51(85-87(56,57)58)48(50(46)84-86(53,54)55)82-45-42-79-39-36-76-33-30-73-27-24-70-21-18-67-15-12-64-9-6-61-3/h46-52H,4-45H2,1-3H3,(H2,53,54,55)(H2,56,57,58)/t46-,47?,48?,49?,50?,51+/m1/s1. The molecule has 34 nitrogen and oxygen atoms in total. The molecule has 0 heterocycles. The SMILES string of the molecule is COCCOCCOCCOCCOCCOCCOCCOC1C(OO)[C@@H](OCCOCCOCCOCCOCCOCCOCCOC)C(OP(=O)(O)O)C(OCCOCCOCCOCCOCCOCCOCCOC)[C@H]1OP(=O)(O)O. The summed E-state index contributed by atoms with van der Waals surface area (Å²) in [5.41, 5.74) is 0. The van der Waals surface area contributed by atoms with Gasteiger partial charge in [-0.2, -0.15) is 0 Å². The lowest BCUT2D eigenvalue weighted by Gasteiger charge is -2.48. The second kappa shape index (κ2) is 62.6. The van der Waals surface area contributed by atoms with Crippen molar-refractivity contribution in [3.63, 3.8) is 0 Å². The van der Waals surface area contributed by atoms with E-state index in [9.17, 15) is 34.0 Å². The smallest absolute Gasteiger partial charge is 0.382 e. The Bertz CT molecular complexity index is 1430. The molecule has 1 rings (SSSR count). The van der Waals surface area contributed by atoms with E-state index in [-0.39, 0.29) is 106 Å². The first-order chi connectivity index (χ1) is 42.5. The van der Waals surface area contributed by atoms with Crippen LogP contribution in [-0.4, -0.2) is 360 Å². The van der Waals surface area contributed by atoms with Crippen molar-refractivity contribution in [2.75, 3.05) is 299 Å². The van der Waals surface area contributed by atoms with E-state index in [4.69, 9.17) is 128 Å². The molecular formula is C51H104O34P2. The van der Waals surface area contributed by atoms with E-state index in [0.717, 1.165) is 0 Å². The molecule has 1 aliphatic carbocycles. The Kier molecular flexibility index (Phi) is 60.6. The van der Waals surface area contributed by atoms with Crippen molar-refractivity contribution in [3.8, 4) is 0 Å². The molecule has 0 aromatic heterocycles. The largest absolute Gasteiger partial charge is 0.470 e. The molecule has 4 unspecified atom stereocenters. The van der Waals surface area contributed by atoms with E-state index in [2.05, 4.69) is 0 Å². The molecule has 1 aliphatic rings. The number of ether oxygens (including phenoxy) is 24. The Balaban J connectivity index is 2.73. The van der Waals surface area contributed by atoms with Gasteiger partial charge < -0.3 is 133 Å². The van der Waals surface area contributed by atoms with Gasteiger partial charge in [-0.25, -0.2) is 14.0 Å². The first kappa shape index (κ1) is 84.2. The van der Waals surface area contributed by atoms with Crippen molar-refractivity contribution in [1.82, 2.24) is 0 Å². The Labute approximate surface area is 511 Å². The second-order valence-corrected chi connectivity index (χ2v) is 20.1. The van der Waals surface area contributed by atoms with Crippen LogP contribution in [-0.2, 0) is 137 Å². The molecule has 0 spiro atoms. The molecule has 0 amide bonds. The Hall–Kier alpha value is -0.820. The third kappa shape index (κ3) is 54.3. The fourth-order valence-corrected chi connectivity index (χ4v) is 8.24. The van der Waals surface area contributed by atoms with Crippen LogP contribution in [0.3, 0.4) is 0 Å². The van der Waals surface area contributed by atoms with Crippen LogP contribution in [0.4, 0.5) is 0 Å². The summed E-state index contributed by atoms with van der Waals surface area (Å²) >= 11 is 0. The second-order valence-electron chi connectivity index (χ2n) is 17.7. The minimum atomic E-state index is -5.46. The summed E-state index contributed by atoms with van der Waals surface area (Å²) in [5.74, 6) is 0. The summed E-state index contributed by atoms with van der Waals surface area (Å²) in [6, 6.07) is 0. The average molecular weight is 1320 g/mol. The van der Waals surface area contributed by atoms with Crippen molar-refractivity contribution in [3.05, 3.63) is 0 Å². The minimum Gasteiger partial charge on any atom is -0.382 e. The maximum absolute atomic E-state index is 12.5. The van der Waals surface area contributed by atoms with Gasteiger partial charge in [0.2, 0.25) is 0 Å². The van der Waals surface area contributed by atoms with Crippen molar-refractivity contribution < 1.29 is 162 Å². The molecule has 0 radical (unpaired) electrons. The zero-order chi connectivity index (χ0) is 63.3. The molecule has 0 bridgehead atoms. The van der Waals surface area contributed by atoms with Gasteiger partial charge in [-0.05, 0) is 0 Å². The highest BCUT2D eigenvalue weighted by atomic mass is 31.2. The molecule has 87 heavy (non-hydrogen) atoms. The predicted octanol–water partition coefficient (Wildman–Crippen LogP) is -0.792. The van der Waals surface area contributed by atoms with E-state index in [1.54, 1.807) is 21.3 Å². The molecule has 0 saturated heterocycles. The number of phosphoric acid groups is 2. The van der Waals surface area contributed by atoms with Crippen molar-refractivity contribution in [1.29, 1.82) is 0 Å². The highest BCUT2D eigenvalue weighted by Gasteiger charge is 2.58. The number of phosphoric ester groups is 2. The quantitative estimate of drug-likeness (QED) is 0.0216. The van der Waals surface area contributed by atoms with E-state index in [1.807, 2.05) is 0 Å². The molecule has 6 atom stereocenters. The van der Waals surface area contributed by atoms with Gasteiger partial charge in [0, 0.05) is 21.3 Å². The zero-order valence-electron chi connectivity index (χ0n) is 51.1. The molecule has 0 aliphatic heterocycles. The van der Waals surface area contributed by atoms with Gasteiger partial charge in [0.15, 0.2) is 6.10 Å². The van der Waals surface area contributed by atoms with Crippen LogP contribution < -0.4 is 0 Å². The molecule has 36 heteroatoms. The molecule has 1 fully saturated rings. The minimum absolute atomic E-state index is 0.0791. The van der Waals surface area contributed by atoms with Crippen molar-refractivity contribution in [2.24, 2.45) is 0 Å². The summed E-state index contributed by atoms with van der Waals surface area (Å²) < 4.78 is 167. The summed E-state index contributed by atoms with van der Waals surface area (Å²) in [7, 11) is -6.11. The van der Waals surface area contributed by atoms with E-state index in [1.165, 1.54) is 0 Å². The van der Waals surface area contributed by atoms with Gasteiger partial charge in [-0.1, -0.05) is 0 Å². The van der Waals surface area contributed by atoms with Crippen LogP contribution >= 0.6 is 15.6 Å². The zero-order valence-corrected chi connectivity index (χ0v) is 52.9. The highest BCUT2D eigenvalue weighted by molar-refractivity contribution is 7.46.